The van der Waals surface area contributed by atoms with E-state index in [2.05, 4.69) is 10.2 Å². The molecule has 0 aromatic carbocycles. The minimum atomic E-state index is 0. The zero-order chi connectivity index (χ0) is 13.3. The van der Waals surface area contributed by atoms with Gasteiger partial charge in [-0.1, -0.05) is 0 Å². The van der Waals surface area contributed by atoms with E-state index in [0.29, 0.717) is 5.41 Å². The summed E-state index contributed by atoms with van der Waals surface area (Å²) in [6.07, 6.45) is 6.11. The van der Waals surface area contributed by atoms with Crippen molar-refractivity contribution in [2.45, 2.75) is 32.1 Å². The van der Waals surface area contributed by atoms with E-state index in [9.17, 15) is 4.79 Å². The lowest BCUT2D eigenvalue weighted by Crippen LogP contribution is -2.41. The number of likely N-dealkylation sites (tertiary alicyclic amines) is 1. The molecule has 4 nitrogen and oxygen atoms in total. The molecule has 1 atom stereocenters. The van der Waals surface area contributed by atoms with Crippen LogP contribution in [0.15, 0.2) is 0 Å². The number of ether oxygens (including phenoxy) is 1. The van der Waals surface area contributed by atoms with Crippen LogP contribution >= 0.6 is 12.4 Å². The minimum absolute atomic E-state index is 0. The van der Waals surface area contributed by atoms with Crippen LogP contribution < -0.4 is 5.32 Å². The fourth-order valence-electron chi connectivity index (χ4n) is 3.99. The molecule has 2 saturated heterocycles. The first-order valence-electron chi connectivity index (χ1n) is 7.74. The maximum atomic E-state index is 11.6. The van der Waals surface area contributed by atoms with Crippen molar-refractivity contribution >= 4 is 18.4 Å². The smallest absolute Gasteiger partial charge is 0.309 e. The number of carbonyl (C=O) groups is 1. The average Bonchev–Trinajstić information content (AvgIpc) is 3.16. The van der Waals surface area contributed by atoms with E-state index in [1.54, 1.807) is 0 Å². The van der Waals surface area contributed by atoms with Crippen LogP contribution in [-0.4, -0.2) is 50.7 Å². The molecule has 1 spiro atoms. The van der Waals surface area contributed by atoms with Gasteiger partial charge in [0.25, 0.3) is 0 Å². The number of carbonyl (C=O) groups excluding carboxylic acids is 1. The quantitative estimate of drug-likeness (QED) is 0.806. The van der Waals surface area contributed by atoms with E-state index in [4.69, 9.17) is 4.74 Å². The van der Waals surface area contributed by atoms with Gasteiger partial charge in [-0.3, -0.25) is 4.79 Å². The molecule has 0 aromatic heterocycles. The molecule has 3 fully saturated rings. The number of piperidine rings is 2. The van der Waals surface area contributed by atoms with Crippen molar-refractivity contribution in [1.29, 1.82) is 0 Å². The highest BCUT2D eigenvalue weighted by Crippen LogP contribution is 2.59. The van der Waals surface area contributed by atoms with Gasteiger partial charge < -0.3 is 15.0 Å². The summed E-state index contributed by atoms with van der Waals surface area (Å²) in [6, 6.07) is 0. The van der Waals surface area contributed by atoms with Gasteiger partial charge in [-0.15, -0.1) is 12.4 Å². The second-order valence-corrected chi connectivity index (χ2v) is 6.64. The molecular formula is C15H27ClN2O2. The molecule has 116 valence electrons. The van der Waals surface area contributed by atoms with Gasteiger partial charge in [0.05, 0.1) is 13.0 Å². The average molecular weight is 303 g/mol. The molecule has 0 aromatic rings. The number of hydrogen-bond donors (Lipinski definition) is 1. The van der Waals surface area contributed by atoms with Crippen molar-refractivity contribution in [3.63, 3.8) is 0 Å². The summed E-state index contributed by atoms with van der Waals surface area (Å²) in [5.41, 5.74) is 0.317. The zero-order valence-corrected chi connectivity index (χ0v) is 13.2. The molecule has 1 saturated carbocycles. The van der Waals surface area contributed by atoms with Crippen LogP contribution in [0.5, 0.6) is 0 Å². The van der Waals surface area contributed by atoms with Gasteiger partial charge in [-0.05, 0) is 69.6 Å². The van der Waals surface area contributed by atoms with Crippen LogP contribution in [0, 0.1) is 17.3 Å². The van der Waals surface area contributed by atoms with Crippen molar-refractivity contribution in [2.75, 3.05) is 39.8 Å². The van der Waals surface area contributed by atoms with E-state index < -0.39 is 0 Å². The summed E-state index contributed by atoms with van der Waals surface area (Å²) in [5, 5.41) is 3.43. The van der Waals surface area contributed by atoms with Crippen molar-refractivity contribution in [1.82, 2.24) is 10.2 Å². The molecule has 2 heterocycles. The minimum Gasteiger partial charge on any atom is -0.469 e. The summed E-state index contributed by atoms with van der Waals surface area (Å²) in [5.74, 6) is 1.11. The zero-order valence-electron chi connectivity index (χ0n) is 12.4. The first-order chi connectivity index (χ1) is 9.23. The van der Waals surface area contributed by atoms with Crippen LogP contribution in [0.3, 0.4) is 0 Å². The van der Waals surface area contributed by atoms with E-state index in [0.717, 1.165) is 12.3 Å². The molecule has 1 unspecified atom stereocenters. The molecule has 2 aliphatic heterocycles. The summed E-state index contributed by atoms with van der Waals surface area (Å²) in [7, 11) is 1.51. The monoisotopic (exact) mass is 302 g/mol. The highest BCUT2D eigenvalue weighted by Gasteiger charge is 2.59. The third kappa shape index (κ3) is 3.29. The maximum Gasteiger partial charge on any atom is 0.309 e. The van der Waals surface area contributed by atoms with Gasteiger partial charge in [-0.25, -0.2) is 0 Å². The van der Waals surface area contributed by atoms with Crippen LogP contribution in [0.2, 0.25) is 0 Å². The van der Waals surface area contributed by atoms with Gasteiger partial charge in [0.2, 0.25) is 0 Å². The largest absolute Gasteiger partial charge is 0.469 e. The van der Waals surface area contributed by atoms with Crippen molar-refractivity contribution in [3.05, 3.63) is 0 Å². The molecule has 0 bridgehead atoms. The van der Waals surface area contributed by atoms with Crippen molar-refractivity contribution in [3.8, 4) is 0 Å². The Hall–Kier alpha value is -0.320. The Morgan fingerprint density at radius 2 is 1.95 bits per heavy atom. The van der Waals surface area contributed by atoms with Crippen LogP contribution in [0.25, 0.3) is 0 Å². The van der Waals surface area contributed by atoms with Gasteiger partial charge in [-0.2, -0.15) is 0 Å². The van der Waals surface area contributed by atoms with E-state index >= 15 is 0 Å². The predicted octanol–water partition coefficient (Wildman–Crippen LogP) is 1.68. The predicted molar refractivity (Wildman–Crippen MR) is 81.1 cm³/mol. The normalized spacial score (nSPS) is 29.8. The Balaban J connectivity index is 0.00000147. The molecule has 3 aliphatic rings. The Morgan fingerprint density at radius 1 is 1.30 bits per heavy atom. The fraction of sp³-hybridized carbons (Fsp3) is 0.933. The number of halogens is 1. The summed E-state index contributed by atoms with van der Waals surface area (Å²) in [6.45, 7) is 6.00. The first-order valence-corrected chi connectivity index (χ1v) is 7.74. The standard InChI is InChI=1S/C15H26N2O2.ClH/c1-19-14(18)13-10-15(13)4-8-17(9-5-15)11-12-2-6-16-7-3-12;/h12-13,16H,2-11H2,1H3;1H. The second-order valence-electron chi connectivity index (χ2n) is 6.64. The van der Waals surface area contributed by atoms with Gasteiger partial charge in [0.15, 0.2) is 0 Å². The highest BCUT2D eigenvalue weighted by atomic mass is 35.5. The molecule has 0 radical (unpaired) electrons. The lowest BCUT2D eigenvalue weighted by molar-refractivity contribution is -0.143. The Labute approximate surface area is 128 Å². The third-order valence-electron chi connectivity index (χ3n) is 5.50. The van der Waals surface area contributed by atoms with Gasteiger partial charge in [0, 0.05) is 6.54 Å². The Kier molecular flexibility index (Phi) is 5.32. The summed E-state index contributed by atoms with van der Waals surface area (Å²) in [4.78, 5) is 14.2. The molecule has 1 aliphatic carbocycles. The fourth-order valence-corrected chi connectivity index (χ4v) is 3.99. The number of hydrogen-bond acceptors (Lipinski definition) is 4. The third-order valence-corrected chi connectivity index (χ3v) is 5.50. The van der Waals surface area contributed by atoms with Crippen LogP contribution in [-0.2, 0) is 9.53 Å². The number of rotatable bonds is 3. The van der Waals surface area contributed by atoms with Crippen LogP contribution in [0.1, 0.15) is 32.1 Å². The number of nitrogens with zero attached hydrogens (tertiary/aromatic N) is 1. The summed E-state index contributed by atoms with van der Waals surface area (Å²) >= 11 is 0. The number of nitrogens with one attached hydrogen (secondary N) is 1. The molecule has 20 heavy (non-hydrogen) atoms. The Bertz CT molecular complexity index is 337. The molecular weight excluding hydrogens is 276 g/mol. The Morgan fingerprint density at radius 3 is 2.55 bits per heavy atom. The molecule has 3 rings (SSSR count). The maximum absolute atomic E-state index is 11.6. The van der Waals surface area contributed by atoms with E-state index in [-0.39, 0.29) is 24.3 Å². The van der Waals surface area contributed by atoms with Crippen LogP contribution in [0.4, 0.5) is 0 Å². The second kappa shape index (κ2) is 6.63. The lowest BCUT2D eigenvalue weighted by atomic mass is 9.89. The van der Waals surface area contributed by atoms with E-state index in [1.807, 2.05) is 0 Å². The molecule has 5 heteroatoms. The molecule has 0 amide bonds. The topological polar surface area (TPSA) is 41.6 Å². The first kappa shape index (κ1) is 16.1. The van der Waals surface area contributed by atoms with Crippen molar-refractivity contribution < 1.29 is 9.53 Å². The van der Waals surface area contributed by atoms with Gasteiger partial charge >= 0.3 is 5.97 Å². The lowest BCUT2D eigenvalue weighted by Gasteiger charge is -2.36. The number of methoxy groups -OCH3 is 1. The van der Waals surface area contributed by atoms with Gasteiger partial charge in [0.1, 0.15) is 0 Å². The highest BCUT2D eigenvalue weighted by molar-refractivity contribution is 5.85. The molecule has 1 N–H and O–H groups in total. The van der Waals surface area contributed by atoms with Crippen molar-refractivity contribution in [2.24, 2.45) is 17.3 Å². The SMILES string of the molecule is COC(=O)C1CC12CCN(CC1CCNCC1)CC2.Cl. The summed E-state index contributed by atoms with van der Waals surface area (Å²) < 4.78 is 4.89. The van der Waals surface area contributed by atoms with E-state index in [1.165, 1.54) is 65.5 Å². The number of esters is 1.